The van der Waals surface area contributed by atoms with Crippen LogP contribution in [0.1, 0.15) is 59.8 Å². The number of hydrogen-bond donors (Lipinski definition) is 1. The van der Waals surface area contributed by atoms with Crippen molar-refractivity contribution in [3.63, 3.8) is 0 Å². The highest BCUT2D eigenvalue weighted by Gasteiger charge is 2.38. The van der Waals surface area contributed by atoms with Crippen LogP contribution < -0.4 is 5.32 Å². The standard InChI is InChI=1S/C24H25N5O2/c30-23(26-18-11-5-2-6-12-18)22-20-13-7-8-14-21(20)29-19(15-25-27-29)16-28(22)24(31)17-9-3-1-4-10-17/h1,3-4,7-10,13-15,18,22H,2,5-6,11-12,16H2,(H,26,30). The van der Waals surface area contributed by atoms with Gasteiger partial charge < -0.3 is 10.2 Å². The molecule has 1 saturated carbocycles. The van der Waals surface area contributed by atoms with Crippen molar-refractivity contribution in [3.8, 4) is 5.69 Å². The molecule has 0 spiro atoms. The van der Waals surface area contributed by atoms with Gasteiger partial charge in [-0.25, -0.2) is 4.68 Å². The van der Waals surface area contributed by atoms with Crippen molar-refractivity contribution >= 4 is 11.8 Å². The summed E-state index contributed by atoms with van der Waals surface area (Å²) in [5.74, 6) is -0.323. The van der Waals surface area contributed by atoms with Crippen molar-refractivity contribution in [2.45, 2.75) is 50.7 Å². The van der Waals surface area contributed by atoms with Gasteiger partial charge in [0.25, 0.3) is 5.91 Å². The minimum Gasteiger partial charge on any atom is -0.351 e. The maximum Gasteiger partial charge on any atom is 0.255 e. The van der Waals surface area contributed by atoms with Crippen LogP contribution in [0.5, 0.6) is 0 Å². The predicted molar refractivity (Wildman–Crippen MR) is 115 cm³/mol. The molecular weight excluding hydrogens is 390 g/mol. The molecule has 7 nitrogen and oxygen atoms in total. The molecule has 0 saturated heterocycles. The zero-order chi connectivity index (χ0) is 21.2. The number of carbonyl (C=O) groups excluding carboxylic acids is 2. The third-order valence-electron chi connectivity index (χ3n) is 6.20. The SMILES string of the molecule is O=C(NC1CCCCC1)C1c2ccccc2-n2nncc2CN1C(=O)c1ccccc1. The van der Waals surface area contributed by atoms with Crippen molar-refractivity contribution in [3.05, 3.63) is 77.6 Å². The van der Waals surface area contributed by atoms with Crippen molar-refractivity contribution in [2.24, 2.45) is 0 Å². The topological polar surface area (TPSA) is 80.1 Å². The number of para-hydroxylation sites is 1. The Morgan fingerprint density at radius 2 is 1.68 bits per heavy atom. The molecule has 0 radical (unpaired) electrons. The Balaban J connectivity index is 1.58. The number of amides is 2. The zero-order valence-electron chi connectivity index (χ0n) is 17.3. The molecule has 1 atom stereocenters. The van der Waals surface area contributed by atoms with Crippen LogP contribution in [0.3, 0.4) is 0 Å². The lowest BCUT2D eigenvalue weighted by atomic mass is 9.94. The summed E-state index contributed by atoms with van der Waals surface area (Å²) in [7, 11) is 0. The number of nitrogens with one attached hydrogen (secondary N) is 1. The highest BCUT2D eigenvalue weighted by Crippen LogP contribution is 2.34. The van der Waals surface area contributed by atoms with Gasteiger partial charge in [0, 0.05) is 17.2 Å². The van der Waals surface area contributed by atoms with Crippen molar-refractivity contribution in [1.82, 2.24) is 25.2 Å². The smallest absolute Gasteiger partial charge is 0.255 e. The number of nitrogens with zero attached hydrogens (tertiary/aromatic N) is 4. The number of benzene rings is 2. The largest absolute Gasteiger partial charge is 0.351 e. The fourth-order valence-corrected chi connectivity index (χ4v) is 4.66. The summed E-state index contributed by atoms with van der Waals surface area (Å²) in [6, 6.07) is 16.2. The first kappa shape index (κ1) is 19.5. The predicted octanol–water partition coefficient (Wildman–Crippen LogP) is 3.41. The second-order valence-electron chi connectivity index (χ2n) is 8.24. The van der Waals surface area contributed by atoms with Gasteiger partial charge in [-0.3, -0.25) is 9.59 Å². The molecule has 0 bridgehead atoms. The van der Waals surface area contributed by atoms with E-state index < -0.39 is 6.04 Å². The summed E-state index contributed by atoms with van der Waals surface area (Å²) in [6.07, 6.45) is 7.09. The number of fused-ring (bicyclic) bond motifs is 3. The second-order valence-corrected chi connectivity index (χ2v) is 8.24. The Morgan fingerprint density at radius 3 is 2.48 bits per heavy atom. The average Bonchev–Trinajstić information content (AvgIpc) is 3.22. The Morgan fingerprint density at radius 1 is 0.935 bits per heavy atom. The minimum absolute atomic E-state index is 0.137. The molecule has 2 heterocycles. The molecule has 2 amide bonds. The molecule has 1 N–H and O–H groups in total. The van der Waals surface area contributed by atoms with Gasteiger partial charge in [-0.05, 0) is 31.0 Å². The summed E-state index contributed by atoms with van der Waals surface area (Å²) < 4.78 is 1.73. The van der Waals surface area contributed by atoms with Crippen molar-refractivity contribution in [1.29, 1.82) is 0 Å². The first-order chi connectivity index (χ1) is 15.2. The van der Waals surface area contributed by atoms with Gasteiger partial charge in [0.05, 0.1) is 24.1 Å². The third-order valence-corrected chi connectivity index (χ3v) is 6.20. The molecule has 1 unspecified atom stereocenters. The fourth-order valence-electron chi connectivity index (χ4n) is 4.66. The van der Waals surface area contributed by atoms with E-state index in [1.54, 1.807) is 27.9 Å². The van der Waals surface area contributed by atoms with Crippen LogP contribution in [0.15, 0.2) is 60.8 Å². The van der Waals surface area contributed by atoms with E-state index in [4.69, 9.17) is 0 Å². The molecule has 1 aliphatic carbocycles. The van der Waals surface area contributed by atoms with Crippen molar-refractivity contribution in [2.75, 3.05) is 0 Å². The van der Waals surface area contributed by atoms with Crippen LogP contribution in [0.4, 0.5) is 0 Å². The van der Waals surface area contributed by atoms with Crippen molar-refractivity contribution < 1.29 is 9.59 Å². The zero-order valence-corrected chi connectivity index (χ0v) is 17.3. The molecule has 3 aromatic rings. The van der Waals surface area contributed by atoms with Gasteiger partial charge >= 0.3 is 0 Å². The van der Waals surface area contributed by atoms with E-state index in [0.29, 0.717) is 5.56 Å². The lowest BCUT2D eigenvalue weighted by Crippen LogP contribution is -2.46. The van der Waals surface area contributed by atoms with E-state index in [-0.39, 0.29) is 24.4 Å². The van der Waals surface area contributed by atoms with E-state index in [9.17, 15) is 9.59 Å². The van der Waals surface area contributed by atoms with Gasteiger partial charge in [-0.15, -0.1) is 5.10 Å². The first-order valence-corrected chi connectivity index (χ1v) is 10.9. The van der Waals surface area contributed by atoms with Gasteiger partial charge in [0.1, 0.15) is 6.04 Å². The van der Waals surface area contributed by atoms with E-state index in [0.717, 1.165) is 42.6 Å². The van der Waals surface area contributed by atoms with Gasteiger partial charge in [-0.2, -0.15) is 0 Å². The second kappa shape index (κ2) is 8.34. The molecule has 2 aromatic carbocycles. The summed E-state index contributed by atoms with van der Waals surface area (Å²) in [5.41, 5.74) is 2.85. The maximum absolute atomic E-state index is 13.7. The molecular formula is C24H25N5O2. The summed E-state index contributed by atoms with van der Waals surface area (Å²) in [4.78, 5) is 28.9. The Kier molecular flexibility index (Phi) is 5.24. The summed E-state index contributed by atoms with van der Waals surface area (Å²) in [5, 5.41) is 11.5. The lowest BCUT2D eigenvalue weighted by Gasteiger charge is -2.32. The summed E-state index contributed by atoms with van der Waals surface area (Å²) >= 11 is 0. The van der Waals surface area contributed by atoms with Crippen LogP contribution in [0, 0.1) is 0 Å². The third kappa shape index (κ3) is 3.71. The molecule has 2 aliphatic rings. The monoisotopic (exact) mass is 415 g/mol. The highest BCUT2D eigenvalue weighted by atomic mass is 16.2. The maximum atomic E-state index is 13.7. The van der Waals surface area contributed by atoms with Gasteiger partial charge in [-0.1, -0.05) is 60.9 Å². The van der Waals surface area contributed by atoms with Crippen LogP contribution >= 0.6 is 0 Å². The number of carbonyl (C=O) groups is 2. The minimum atomic E-state index is -0.743. The molecule has 1 aromatic heterocycles. The summed E-state index contributed by atoms with van der Waals surface area (Å²) in [6.45, 7) is 0.248. The van der Waals surface area contributed by atoms with Crippen LogP contribution in [0.2, 0.25) is 0 Å². The quantitative estimate of drug-likeness (QED) is 0.711. The fraction of sp³-hybridized carbons (Fsp3) is 0.333. The van der Waals surface area contributed by atoms with Crippen LogP contribution in [0.25, 0.3) is 5.69 Å². The van der Waals surface area contributed by atoms with E-state index in [1.165, 1.54) is 6.42 Å². The molecule has 5 rings (SSSR count). The average molecular weight is 415 g/mol. The van der Waals surface area contributed by atoms with E-state index in [1.807, 2.05) is 42.5 Å². The number of aromatic nitrogens is 3. The molecule has 1 aliphatic heterocycles. The number of hydrogen-bond acceptors (Lipinski definition) is 4. The van der Waals surface area contributed by atoms with E-state index >= 15 is 0 Å². The number of rotatable bonds is 3. The Hall–Kier alpha value is -3.48. The van der Waals surface area contributed by atoms with Gasteiger partial charge in [0.2, 0.25) is 5.91 Å². The van der Waals surface area contributed by atoms with Crippen LogP contribution in [-0.4, -0.2) is 37.7 Å². The van der Waals surface area contributed by atoms with Crippen LogP contribution in [-0.2, 0) is 11.3 Å². The lowest BCUT2D eigenvalue weighted by molar-refractivity contribution is -0.127. The van der Waals surface area contributed by atoms with Gasteiger partial charge in [0.15, 0.2) is 0 Å². The highest BCUT2D eigenvalue weighted by molar-refractivity contribution is 5.98. The molecule has 7 heteroatoms. The van der Waals surface area contributed by atoms with E-state index in [2.05, 4.69) is 15.6 Å². The Bertz CT molecular complexity index is 1090. The molecule has 158 valence electrons. The molecule has 1 fully saturated rings. The first-order valence-electron chi connectivity index (χ1n) is 10.9. The normalized spacial score (nSPS) is 18.6. The molecule has 31 heavy (non-hydrogen) atoms. The Labute approximate surface area is 181 Å².